The number of ether oxygens (including phenoxy) is 1. The highest BCUT2D eigenvalue weighted by atomic mass is 35.5. The van der Waals surface area contributed by atoms with Crippen LogP contribution in [-0.4, -0.2) is 65.7 Å². The second kappa shape index (κ2) is 7.81. The topological polar surface area (TPSA) is 53.0 Å². The third-order valence-corrected chi connectivity index (χ3v) is 3.98. The molecule has 0 radical (unpaired) electrons. The number of amides is 1. The highest BCUT2D eigenvalue weighted by Crippen LogP contribution is 2.16. The van der Waals surface area contributed by atoms with Gasteiger partial charge in [0.1, 0.15) is 5.75 Å². The summed E-state index contributed by atoms with van der Waals surface area (Å²) >= 11 is 5.81. The Morgan fingerprint density at radius 2 is 2.09 bits per heavy atom. The zero-order valence-corrected chi connectivity index (χ0v) is 13.8. The molecule has 1 heterocycles. The highest BCUT2D eigenvalue weighted by Gasteiger charge is 2.27. The summed E-state index contributed by atoms with van der Waals surface area (Å²) in [5, 5.41) is 10.1. The summed E-state index contributed by atoms with van der Waals surface area (Å²) < 4.78 is 5.51. The van der Waals surface area contributed by atoms with Gasteiger partial charge in [-0.1, -0.05) is 11.6 Å². The lowest BCUT2D eigenvalue weighted by molar-refractivity contribution is -0.138. The van der Waals surface area contributed by atoms with Gasteiger partial charge in [-0.15, -0.1) is 0 Å². The van der Waals surface area contributed by atoms with E-state index in [1.165, 1.54) is 0 Å². The summed E-state index contributed by atoms with van der Waals surface area (Å²) in [5.41, 5.74) is 0. The van der Waals surface area contributed by atoms with E-state index in [2.05, 4.69) is 4.90 Å². The lowest BCUT2D eigenvalue weighted by Crippen LogP contribution is -2.55. The van der Waals surface area contributed by atoms with Gasteiger partial charge in [-0.05, 0) is 38.1 Å². The van der Waals surface area contributed by atoms with Crippen LogP contribution in [0.2, 0.25) is 5.02 Å². The van der Waals surface area contributed by atoms with Crippen LogP contribution in [0.4, 0.5) is 0 Å². The number of halogens is 1. The molecular formula is C16H23ClN2O3. The number of nitrogens with zero attached hydrogens (tertiary/aromatic N) is 2. The zero-order valence-electron chi connectivity index (χ0n) is 13.0. The van der Waals surface area contributed by atoms with Crippen molar-refractivity contribution in [3.05, 3.63) is 29.3 Å². The molecule has 0 aromatic heterocycles. The summed E-state index contributed by atoms with van der Waals surface area (Å²) in [4.78, 5) is 16.3. The van der Waals surface area contributed by atoms with Crippen molar-refractivity contribution in [3.8, 4) is 5.75 Å². The van der Waals surface area contributed by atoms with Crippen molar-refractivity contribution in [3.63, 3.8) is 0 Å². The van der Waals surface area contributed by atoms with Crippen LogP contribution in [0.1, 0.15) is 13.8 Å². The number of aliphatic hydroxyl groups is 1. The largest absolute Gasteiger partial charge is 0.484 e. The van der Waals surface area contributed by atoms with Crippen molar-refractivity contribution in [2.45, 2.75) is 26.0 Å². The standard InChI is InChI=1S/C16H23ClN2O3/c1-12-9-18(10-13(2)20)7-8-19(12)16(21)11-22-15-5-3-14(17)4-6-15/h3-6,12-13,20H,7-11H2,1-2H3/t12-,13+/m1/s1. The summed E-state index contributed by atoms with van der Waals surface area (Å²) in [7, 11) is 0. The maximum Gasteiger partial charge on any atom is 0.260 e. The van der Waals surface area contributed by atoms with E-state index in [-0.39, 0.29) is 24.7 Å². The van der Waals surface area contributed by atoms with Gasteiger partial charge in [-0.3, -0.25) is 9.69 Å². The summed E-state index contributed by atoms with van der Waals surface area (Å²) in [6, 6.07) is 7.09. The van der Waals surface area contributed by atoms with E-state index in [1.807, 2.05) is 11.8 Å². The Morgan fingerprint density at radius 1 is 1.41 bits per heavy atom. The highest BCUT2D eigenvalue weighted by molar-refractivity contribution is 6.30. The van der Waals surface area contributed by atoms with Crippen LogP contribution >= 0.6 is 11.6 Å². The fourth-order valence-electron chi connectivity index (χ4n) is 2.70. The Labute approximate surface area is 136 Å². The molecule has 1 aromatic carbocycles. The fourth-order valence-corrected chi connectivity index (χ4v) is 2.83. The number of carbonyl (C=O) groups excluding carboxylic acids is 1. The molecule has 1 fully saturated rings. The molecule has 1 amide bonds. The first-order valence-corrected chi connectivity index (χ1v) is 7.91. The van der Waals surface area contributed by atoms with E-state index < -0.39 is 0 Å². The number of β-amino-alcohol motifs (C(OH)–C–C–N with tert-alkyl or cyclic N) is 1. The molecule has 2 rings (SSSR count). The van der Waals surface area contributed by atoms with Gasteiger partial charge in [-0.2, -0.15) is 0 Å². The van der Waals surface area contributed by atoms with Crippen LogP contribution < -0.4 is 4.74 Å². The van der Waals surface area contributed by atoms with Crippen molar-refractivity contribution in [2.75, 3.05) is 32.8 Å². The van der Waals surface area contributed by atoms with E-state index >= 15 is 0 Å². The monoisotopic (exact) mass is 326 g/mol. The first-order valence-electron chi connectivity index (χ1n) is 7.54. The van der Waals surface area contributed by atoms with Crippen LogP contribution in [0, 0.1) is 0 Å². The number of aliphatic hydroxyl groups excluding tert-OH is 1. The van der Waals surface area contributed by atoms with Gasteiger partial charge in [0.2, 0.25) is 0 Å². The number of hydrogen-bond donors (Lipinski definition) is 1. The maximum absolute atomic E-state index is 12.3. The van der Waals surface area contributed by atoms with Crippen molar-refractivity contribution < 1.29 is 14.6 Å². The minimum atomic E-state index is -0.345. The number of benzene rings is 1. The predicted molar refractivity (Wildman–Crippen MR) is 86.2 cm³/mol. The summed E-state index contributed by atoms with van der Waals surface area (Å²) in [5.74, 6) is 0.622. The van der Waals surface area contributed by atoms with Crippen molar-refractivity contribution >= 4 is 17.5 Å². The lowest BCUT2D eigenvalue weighted by atomic mass is 10.1. The molecule has 0 saturated carbocycles. The minimum absolute atomic E-state index is 0.0147. The van der Waals surface area contributed by atoms with Crippen molar-refractivity contribution in [1.82, 2.24) is 9.80 Å². The minimum Gasteiger partial charge on any atom is -0.484 e. The van der Waals surface area contributed by atoms with Gasteiger partial charge in [-0.25, -0.2) is 0 Å². The molecule has 0 bridgehead atoms. The first kappa shape index (κ1) is 17.1. The molecule has 0 unspecified atom stereocenters. The molecule has 0 spiro atoms. The zero-order chi connectivity index (χ0) is 16.1. The first-order chi connectivity index (χ1) is 10.5. The molecule has 1 aromatic rings. The van der Waals surface area contributed by atoms with E-state index in [4.69, 9.17) is 16.3 Å². The Balaban J connectivity index is 1.81. The van der Waals surface area contributed by atoms with Crippen LogP contribution in [-0.2, 0) is 4.79 Å². The molecule has 6 heteroatoms. The Bertz CT molecular complexity index is 493. The van der Waals surface area contributed by atoms with Gasteiger partial charge in [0.05, 0.1) is 6.10 Å². The quantitative estimate of drug-likeness (QED) is 0.893. The van der Waals surface area contributed by atoms with Gasteiger partial charge in [0.25, 0.3) is 5.91 Å². The number of carbonyl (C=O) groups is 1. The van der Waals surface area contributed by atoms with Crippen LogP contribution in [0.5, 0.6) is 5.75 Å². The predicted octanol–water partition coefficient (Wildman–Crippen LogP) is 1.63. The Kier molecular flexibility index (Phi) is 6.06. The third kappa shape index (κ3) is 4.87. The van der Waals surface area contributed by atoms with Crippen molar-refractivity contribution in [1.29, 1.82) is 0 Å². The molecule has 1 saturated heterocycles. The Hall–Kier alpha value is -1.30. The van der Waals surface area contributed by atoms with Gasteiger partial charge in [0, 0.05) is 37.2 Å². The van der Waals surface area contributed by atoms with Gasteiger partial charge < -0.3 is 14.7 Å². The van der Waals surface area contributed by atoms with E-state index in [1.54, 1.807) is 31.2 Å². The maximum atomic E-state index is 12.3. The lowest BCUT2D eigenvalue weighted by Gasteiger charge is -2.40. The smallest absolute Gasteiger partial charge is 0.260 e. The second-order valence-electron chi connectivity index (χ2n) is 5.79. The molecule has 2 atom stereocenters. The number of piperazine rings is 1. The average Bonchev–Trinajstić information content (AvgIpc) is 2.46. The molecule has 1 aliphatic heterocycles. The third-order valence-electron chi connectivity index (χ3n) is 3.73. The van der Waals surface area contributed by atoms with Gasteiger partial charge >= 0.3 is 0 Å². The van der Waals surface area contributed by atoms with Crippen molar-refractivity contribution in [2.24, 2.45) is 0 Å². The molecule has 5 nitrogen and oxygen atoms in total. The SMILES string of the molecule is C[C@H](O)CN1CCN(C(=O)COc2ccc(Cl)cc2)[C@H](C)C1. The van der Waals surface area contributed by atoms with Crippen LogP contribution in [0.25, 0.3) is 0 Å². The fraction of sp³-hybridized carbons (Fsp3) is 0.562. The Morgan fingerprint density at radius 3 is 2.68 bits per heavy atom. The molecule has 22 heavy (non-hydrogen) atoms. The average molecular weight is 327 g/mol. The summed E-state index contributed by atoms with van der Waals surface area (Å²) in [6.45, 7) is 6.70. The van der Waals surface area contributed by atoms with Crippen LogP contribution in [0.15, 0.2) is 24.3 Å². The summed E-state index contributed by atoms with van der Waals surface area (Å²) in [6.07, 6.45) is -0.345. The van der Waals surface area contributed by atoms with E-state index in [0.717, 1.165) is 13.1 Å². The molecule has 0 aliphatic carbocycles. The van der Waals surface area contributed by atoms with Gasteiger partial charge in [0.15, 0.2) is 6.61 Å². The van der Waals surface area contributed by atoms with E-state index in [9.17, 15) is 9.90 Å². The molecule has 1 N–H and O–H groups in total. The molecule has 1 aliphatic rings. The molecule has 122 valence electrons. The van der Waals surface area contributed by atoms with E-state index in [0.29, 0.717) is 23.9 Å². The number of hydrogen-bond acceptors (Lipinski definition) is 4. The number of rotatable bonds is 5. The second-order valence-corrected chi connectivity index (χ2v) is 6.22. The normalized spacial score (nSPS) is 20.7. The van der Waals surface area contributed by atoms with Crippen LogP contribution in [0.3, 0.4) is 0 Å². The molecular weight excluding hydrogens is 304 g/mol.